The minimum atomic E-state index is -0.914. The Labute approximate surface area is 102 Å². The molecule has 0 amide bonds. The molecule has 0 aromatic heterocycles. The van der Waals surface area contributed by atoms with E-state index in [1.165, 1.54) is 25.7 Å². The van der Waals surface area contributed by atoms with Gasteiger partial charge in [-0.15, -0.1) is 4.72 Å². The van der Waals surface area contributed by atoms with Crippen molar-refractivity contribution in [2.24, 2.45) is 5.41 Å². The molecule has 1 saturated carbocycles. The Morgan fingerprint density at radius 3 is 2.31 bits per heavy atom. The first-order chi connectivity index (χ1) is 7.44. The first-order valence-electron chi connectivity index (χ1n) is 6.33. The second-order valence-electron chi connectivity index (χ2n) is 6.20. The average molecular weight is 244 g/mol. The molecule has 1 aliphatic carbocycles. The highest BCUT2D eigenvalue weighted by atomic mass is 32.2. The molecule has 1 saturated heterocycles. The third-order valence-electron chi connectivity index (χ3n) is 4.07. The number of hydrogen-bond donors (Lipinski definition) is 2. The Hall–Kier alpha value is 0.230. The monoisotopic (exact) mass is 244 g/mol. The maximum absolute atomic E-state index is 12.1. The van der Waals surface area contributed by atoms with Crippen LogP contribution in [0.5, 0.6) is 0 Å². The van der Waals surface area contributed by atoms with E-state index in [1.807, 2.05) is 20.8 Å². The predicted molar refractivity (Wildman–Crippen MR) is 68.6 cm³/mol. The molecule has 94 valence electrons. The molecule has 0 radical (unpaired) electrons. The molecule has 0 aromatic rings. The zero-order valence-electron chi connectivity index (χ0n) is 10.6. The lowest BCUT2D eigenvalue weighted by atomic mass is 9.60. The summed E-state index contributed by atoms with van der Waals surface area (Å²) in [7, 11) is 0. The average Bonchev–Trinajstić information content (AvgIpc) is 2.24. The van der Waals surface area contributed by atoms with E-state index in [0.29, 0.717) is 11.5 Å². The van der Waals surface area contributed by atoms with Crippen LogP contribution in [0.1, 0.15) is 46.5 Å². The lowest BCUT2D eigenvalue weighted by molar-refractivity contribution is 0.0434. The molecule has 1 heterocycles. The van der Waals surface area contributed by atoms with Crippen LogP contribution in [0.4, 0.5) is 0 Å². The van der Waals surface area contributed by atoms with Crippen molar-refractivity contribution in [1.29, 1.82) is 0 Å². The van der Waals surface area contributed by atoms with Crippen LogP contribution in [0, 0.1) is 5.41 Å². The van der Waals surface area contributed by atoms with Crippen molar-refractivity contribution in [2.45, 2.75) is 57.2 Å². The van der Waals surface area contributed by atoms with Crippen LogP contribution in [-0.2, 0) is 11.4 Å². The summed E-state index contributed by atoms with van der Waals surface area (Å²) in [5, 5.41) is 3.41. The first kappa shape index (κ1) is 12.7. The summed E-state index contributed by atoms with van der Waals surface area (Å²) in [6.07, 6.45) is 4.99. The second-order valence-corrected chi connectivity index (χ2v) is 8.20. The van der Waals surface area contributed by atoms with Crippen molar-refractivity contribution in [3.05, 3.63) is 0 Å². The summed E-state index contributed by atoms with van der Waals surface area (Å²) in [6, 6.07) is 0.481. The summed E-state index contributed by atoms with van der Waals surface area (Å²) >= 11 is -0.914. The van der Waals surface area contributed by atoms with Crippen molar-refractivity contribution >= 4 is 11.4 Å². The van der Waals surface area contributed by atoms with E-state index in [4.69, 9.17) is 0 Å². The third-order valence-corrected chi connectivity index (χ3v) is 5.69. The maximum Gasteiger partial charge on any atom is 0.136 e. The van der Waals surface area contributed by atoms with Crippen molar-refractivity contribution in [2.75, 3.05) is 13.1 Å². The van der Waals surface area contributed by atoms with Gasteiger partial charge in [-0.3, -0.25) is 0 Å². The molecular weight excluding hydrogens is 220 g/mol. The number of nitrogens with one attached hydrogen (secondary N) is 2. The van der Waals surface area contributed by atoms with E-state index in [1.54, 1.807) is 0 Å². The third kappa shape index (κ3) is 2.40. The fourth-order valence-electron chi connectivity index (χ4n) is 2.71. The molecule has 1 spiro atoms. The molecule has 2 aliphatic rings. The first-order valence-corrected chi connectivity index (χ1v) is 7.48. The largest absolute Gasteiger partial charge is 0.598 e. The fraction of sp³-hybridized carbons (Fsp3) is 1.00. The van der Waals surface area contributed by atoms with Gasteiger partial charge in [-0.1, -0.05) is 0 Å². The lowest BCUT2D eigenvalue weighted by Crippen LogP contribution is -2.60. The Bertz CT molecular complexity index is 246. The highest BCUT2D eigenvalue weighted by molar-refractivity contribution is 7.90. The fourth-order valence-corrected chi connectivity index (χ4v) is 3.69. The summed E-state index contributed by atoms with van der Waals surface area (Å²) in [4.78, 5) is 0. The normalized spacial score (nSPS) is 31.1. The van der Waals surface area contributed by atoms with Crippen molar-refractivity contribution in [3.8, 4) is 0 Å². The van der Waals surface area contributed by atoms with Gasteiger partial charge in [-0.2, -0.15) is 0 Å². The molecule has 0 aromatic carbocycles. The van der Waals surface area contributed by atoms with Gasteiger partial charge in [0.2, 0.25) is 0 Å². The molecule has 2 rings (SSSR count). The van der Waals surface area contributed by atoms with E-state index < -0.39 is 11.4 Å². The van der Waals surface area contributed by atoms with E-state index >= 15 is 0 Å². The zero-order valence-corrected chi connectivity index (χ0v) is 11.5. The van der Waals surface area contributed by atoms with Crippen molar-refractivity contribution in [1.82, 2.24) is 10.0 Å². The number of rotatable bonds is 2. The molecule has 3 nitrogen and oxygen atoms in total. The zero-order chi connectivity index (χ0) is 11.8. The van der Waals surface area contributed by atoms with Crippen LogP contribution in [0.15, 0.2) is 0 Å². The summed E-state index contributed by atoms with van der Waals surface area (Å²) in [5.41, 5.74) is 0.451. The number of piperidine rings is 1. The van der Waals surface area contributed by atoms with Gasteiger partial charge in [0.05, 0.1) is 6.04 Å². The molecular formula is C12H24N2OS. The number of hydrogen-bond acceptors (Lipinski definition) is 3. The van der Waals surface area contributed by atoms with Gasteiger partial charge >= 0.3 is 0 Å². The maximum atomic E-state index is 12.1. The van der Waals surface area contributed by atoms with Gasteiger partial charge in [-0.25, -0.2) is 0 Å². The van der Waals surface area contributed by atoms with Crippen LogP contribution in [0.2, 0.25) is 0 Å². The Kier molecular flexibility index (Phi) is 3.55. The summed E-state index contributed by atoms with van der Waals surface area (Å²) in [6.45, 7) is 8.35. The van der Waals surface area contributed by atoms with Crippen LogP contribution in [0.25, 0.3) is 0 Å². The van der Waals surface area contributed by atoms with Crippen LogP contribution in [0.3, 0.4) is 0 Å². The van der Waals surface area contributed by atoms with E-state index in [0.717, 1.165) is 13.1 Å². The van der Waals surface area contributed by atoms with Gasteiger partial charge in [-0.05, 0) is 65.0 Å². The van der Waals surface area contributed by atoms with Crippen LogP contribution < -0.4 is 10.0 Å². The van der Waals surface area contributed by atoms with Crippen LogP contribution >= 0.6 is 0 Å². The van der Waals surface area contributed by atoms with Crippen LogP contribution in [-0.4, -0.2) is 28.4 Å². The lowest BCUT2D eigenvalue weighted by Gasteiger charge is -2.52. The van der Waals surface area contributed by atoms with Gasteiger partial charge in [0, 0.05) is 11.4 Å². The van der Waals surface area contributed by atoms with Gasteiger partial charge in [0.25, 0.3) is 0 Å². The molecule has 2 atom stereocenters. The molecule has 0 bridgehead atoms. The molecule has 1 unspecified atom stereocenters. The molecule has 2 fully saturated rings. The highest BCUT2D eigenvalue weighted by Crippen LogP contribution is 2.48. The standard InChI is InChI=1S/C12H24N2OS/c1-11(2,3)16(15)14-10-4-5-12(10)6-8-13-9-7-12/h10,13-14H,4-9H2,1-3H3/t10-,16?/m0/s1. The van der Waals surface area contributed by atoms with Crippen molar-refractivity contribution in [3.63, 3.8) is 0 Å². The molecule has 16 heavy (non-hydrogen) atoms. The highest BCUT2D eigenvalue weighted by Gasteiger charge is 2.49. The second kappa shape index (κ2) is 4.48. The Balaban J connectivity index is 1.91. The summed E-state index contributed by atoms with van der Waals surface area (Å²) < 4.78 is 15.3. The topological polar surface area (TPSA) is 47.1 Å². The van der Waals surface area contributed by atoms with E-state index in [9.17, 15) is 4.55 Å². The van der Waals surface area contributed by atoms with E-state index in [-0.39, 0.29) is 4.75 Å². The quantitative estimate of drug-likeness (QED) is 0.725. The molecule has 4 heteroatoms. The minimum Gasteiger partial charge on any atom is -0.598 e. The van der Waals surface area contributed by atoms with Crippen molar-refractivity contribution < 1.29 is 4.55 Å². The van der Waals surface area contributed by atoms with E-state index in [2.05, 4.69) is 10.0 Å². The SMILES string of the molecule is CC(C)(C)[S+]([O-])N[C@H]1CCC12CCNCC2. The molecule has 1 aliphatic heterocycles. The molecule has 2 N–H and O–H groups in total. The summed E-state index contributed by atoms with van der Waals surface area (Å²) in [5.74, 6) is 0. The smallest absolute Gasteiger partial charge is 0.136 e. The minimum absolute atomic E-state index is 0.149. The predicted octanol–water partition coefficient (Wildman–Crippen LogP) is 1.57. The van der Waals surface area contributed by atoms with Gasteiger partial charge in [0.1, 0.15) is 4.75 Å². The van der Waals surface area contributed by atoms with Gasteiger partial charge in [0.15, 0.2) is 0 Å². The Morgan fingerprint density at radius 1 is 1.25 bits per heavy atom. The van der Waals surface area contributed by atoms with Gasteiger partial charge < -0.3 is 9.87 Å². The Morgan fingerprint density at radius 2 is 1.88 bits per heavy atom.